The van der Waals surface area contributed by atoms with Crippen molar-refractivity contribution in [2.75, 3.05) is 19.6 Å². The van der Waals surface area contributed by atoms with Crippen LogP contribution in [0.3, 0.4) is 0 Å². The van der Waals surface area contributed by atoms with E-state index in [2.05, 4.69) is 24.5 Å². The SMILES string of the molecule is CCCCCNC(=O)C1(CC)CCNCC1. The van der Waals surface area contributed by atoms with Crippen LogP contribution in [-0.2, 0) is 4.79 Å². The minimum atomic E-state index is -0.0858. The van der Waals surface area contributed by atoms with Crippen LogP contribution in [0, 0.1) is 5.41 Å². The van der Waals surface area contributed by atoms with Crippen LogP contribution in [0.25, 0.3) is 0 Å². The Morgan fingerprint density at radius 1 is 1.25 bits per heavy atom. The average molecular weight is 226 g/mol. The van der Waals surface area contributed by atoms with Gasteiger partial charge in [-0.15, -0.1) is 0 Å². The van der Waals surface area contributed by atoms with E-state index in [4.69, 9.17) is 0 Å². The van der Waals surface area contributed by atoms with Gasteiger partial charge in [0.15, 0.2) is 0 Å². The largest absolute Gasteiger partial charge is 0.356 e. The number of carbonyl (C=O) groups excluding carboxylic acids is 1. The highest BCUT2D eigenvalue weighted by atomic mass is 16.2. The monoisotopic (exact) mass is 226 g/mol. The van der Waals surface area contributed by atoms with E-state index in [1.807, 2.05) is 0 Å². The highest BCUT2D eigenvalue weighted by molar-refractivity contribution is 5.82. The molecule has 0 aromatic carbocycles. The molecule has 0 unspecified atom stereocenters. The van der Waals surface area contributed by atoms with E-state index in [-0.39, 0.29) is 11.3 Å². The van der Waals surface area contributed by atoms with Gasteiger partial charge in [-0.2, -0.15) is 0 Å². The summed E-state index contributed by atoms with van der Waals surface area (Å²) in [7, 11) is 0. The Morgan fingerprint density at radius 3 is 2.50 bits per heavy atom. The average Bonchev–Trinajstić information content (AvgIpc) is 2.35. The number of unbranched alkanes of at least 4 members (excludes halogenated alkanes) is 2. The third-order valence-electron chi connectivity index (χ3n) is 3.78. The van der Waals surface area contributed by atoms with Crippen molar-refractivity contribution in [2.45, 2.75) is 52.4 Å². The molecule has 1 fully saturated rings. The number of rotatable bonds is 6. The maximum atomic E-state index is 12.2. The van der Waals surface area contributed by atoms with Gasteiger partial charge in [-0.1, -0.05) is 26.7 Å². The van der Waals surface area contributed by atoms with Crippen molar-refractivity contribution in [3.05, 3.63) is 0 Å². The lowest BCUT2D eigenvalue weighted by Crippen LogP contribution is -2.47. The Balaban J connectivity index is 2.36. The summed E-state index contributed by atoms with van der Waals surface area (Å²) in [6.07, 6.45) is 6.47. The number of piperidine rings is 1. The van der Waals surface area contributed by atoms with Crippen LogP contribution in [0.5, 0.6) is 0 Å². The van der Waals surface area contributed by atoms with Crippen LogP contribution in [-0.4, -0.2) is 25.5 Å². The molecule has 0 bridgehead atoms. The molecule has 1 aliphatic heterocycles. The summed E-state index contributed by atoms with van der Waals surface area (Å²) in [5.74, 6) is 0.285. The van der Waals surface area contributed by atoms with Gasteiger partial charge >= 0.3 is 0 Å². The molecule has 0 aromatic rings. The molecule has 0 atom stereocenters. The maximum Gasteiger partial charge on any atom is 0.226 e. The molecule has 3 heteroatoms. The van der Waals surface area contributed by atoms with Gasteiger partial charge < -0.3 is 10.6 Å². The molecule has 0 aliphatic carbocycles. The fourth-order valence-electron chi connectivity index (χ4n) is 2.41. The summed E-state index contributed by atoms with van der Waals surface area (Å²) in [5, 5.41) is 6.44. The summed E-state index contributed by atoms with van der Waals surface area (Å²) in [6, 6.07) is 0. The second-order valence-corrected chi connectivity index (χ2v) is 4.85. The standard InChI is InChI=1S/C13H26N2O/c1-3-5-6-9-15-12(16)13(4-2)7-10-14-11-8-13/h14H,3-11H2,1-2H3,(H,15,16). The Bertz CT molecular complexity index is 210. The van der Waals surface area contributed by atoms with Gasteiger partial charge in [-0.05, 0) is 38.8 Å². The van der Waals surface area contributed by atoms with Crippen LogP contribution in [0.2, 0.25) is 0 Å². The van der Waals surface area contributed by atoms with Gasteiger partial charge in [0.05, 0.1) is 5.41 Å². The molecule has 0 radical (unpaired) electrons. The first kappa shape index (κ1) is 13.5. The third-order valence-corrected chi connectivity index (χ3v) is 3.78. The molecular weight excluding hydrogens is 200 g/mol. The lowest BCUT2D eigenvalue weighted by Gasteiger charge is -2.35. The Hall–Kier alpha value is -0.570. The third kappa shape index (κ3) is 3.48. The highest BCUT2D eigenvalue weighted by Gasteiger charge is 2.37. The summed E-state index contributed by atoms with van der Waals surface area (Å²) < 4.78 is 0. The smallest absolute Gasteiger partial charge is 0.226 e. The minimum absolute atomic E-state index is 0.0858. The Kier molecular flexibility index (Phi) is 5.81. The molecule has 2 N–H and O–H groups in total. The highest BCUT2D eigenvalue weighted by Crippen LogP contribution is 2.32. The van der Waals surface area contributed by atoms with Crippen LogP contribution < -0.4 is 10.6 Å². The van der Waals surface area contributed by atoms with Crippen LogP contribution in [0.15, 0.2) is 0 Å². The van der Waals surface area contributed by atoms with Gasteiger partial charge in [0.25, 0.3) is 0 Å². The van der Waals surface area contributed by atoms with Crippen molar-refractivity contribution in [2.24, 2.45) is 5.41 Å². The van der Waals surface area contributed by atoms with Gasteiger partial charge in [-0.25, -0.2) is 0 Å². The molecule has 0 spiro atoms. The van der Waals surface area contributed by atoms with Gasteiger partial charge in [-0.3, -0.25) is 4.79 Å². The van der Waals surface area contributed by atoms with E-state index in [1.165, 1.54) is 12.8 Å². The molecule has 3 nitrogen and oxygen atoms in total. The van der Waals surface area contributed by atoms with Crippen molar-refractivity contribution in [3.8, 4) is 0 Å². The van der Waals surface area contributed by atoms with Gasteiger partial charge in [0.1, 0.15) is 0 Å². The molecule has 1 aliphatic rings. The molecule has 1 heterocycles. The van der Waals surface area contributed by atoms with Crippen LogP contribution >= 0.6 is 0 Å². The number of amides is 1. The summed E-state index contributed by atoms with van der Waals surface area (Å²) >= 11 is 0. The van der Waals surface area contributed by atoms with E-state index in [9.17, 15) is 4.79 Å². The predicted molar refractivity (Wildman–Crippen MR) is 67.4 cm³/mol. The second kappa shape index (κ2) is 6.89. The number of hydrogen-bond donors (Lipinski definition) is 2. The van der Waals surface area contributed by atoms with Crippen molar-refractivity contribution in [1.82, 2.24) is 10.6 Å². The quantitative estimate of drug-likeness (QED) is 0.681. The number of carbonyl (C=O) groups is 1. The lowest BCUT2D eigenvalue weighted by molar-refractivity contribution is -0.132. The zero-order chi connectivity index (χ0) is 11.9. The van der Waals surface area contributed by atoms with E-state index in [0.717, 1.165) is 45.3 Å². The van der Waals surface area contributed by atoms with E-state index >= 15 is 0 Å². The topological polar surface area (TPSA) is 41.1 Å². The van der Waals surface area contributed by atoms with Crippen molar-refractivity contribution in [3.63, 3.8) is 0 Å². The Morgan fingerprint density at radius 2 is 1.94 bits per heavy atom. The first-order chi connectivity index (χ1) is 7.75. The first-order valence-corrected chi connectivity index (χ1v) is 6.74. The number of nitrogens with one attached hydrogen (secondary N) is 2. The fraction of sp³-hybridized carbons (Fsp3) is 0.923. The molecule has 1 amide bonds. The van der Waals surface area contributed by atoms with Crippen LogP contribution in [0.4, 0.5) is 0 Å². The summed E-state index contributed by atoms with van der Waals surface area (Å²) in [6.45, 7) is 7.13. The predicted octanol–water partition coefficient (Wildman–Crippen LogP) is 2.07. The lowest BCUT2D eigenvalue weighted by atomic mass is 9.76. The van der Waals surface area contributed by atoms with Gasteiger partial charge in [0.2, 0.25) is 5.91 Å². The van der Waals surface area contributed by atoms with Crippen molar-refractivity contribution >= 4 is 5.91 Å². The fourth-order valence-corrected chi connectivity index (χ4v) is 2.41. The zero-order valence-electron chi connectivity index (χ0n) is 10.8. The van der Waals surface area contributed by atoms with Crippen molar-refractivity contribution < 1.29 is 4.79 Å². The number of hydrogen-bond acceptors (Lipinski definition) is 2. The molecule has 1 rings (SSSR count). The summed E-state index contributed by atoms with van der Waals surface area (Å²) in [5.41, 5.74) is -0.0858. The molecule has 0 saturated carbocycles. The summed E-state index contributed by atoms with van der Waals surface area (Å²) in [4.78, 5) is 12.2. The molecule has 1 saturated heterocycles. The Labute approximate surface area is 99.4 Å². The van der Waals surface area contributed by atoms with E-state index in [0.29, 0.717) is 0 Å². The molecular formula is C13H26N2O. The first-order valence-electron chi connectivity index (χ1n) is 6.74. The maximum absolute atomic E-state index is 12.2. The van der Waals surface area contributed by atoms with Crippen LogP contribution in [0.1, 0.15) is 52.4 Å². The second-order valence-electron chi connectivity index (χ2n) is 4.85. The molecule has 0 aromatic heterocycles. The van der Waals surface area contributed by atoms with E-state index in [1.54, 1.807) is 0 Å². The minimum Gasteiger partial charge on any atom is -0.356 e. The van der Waals surface area contributed by atoms with Gasteiger partial charge in [0, 0.05) is 6.54 Å². The molecule has 16 heavy (non-hydrogen) atoms. The van der Waals surface area contributed by atoms with Crippen molar-refractivity contribution in [1.29, 1.82) is 0 Å². The molecule has 94 valence electrons. The normalized spacial score (nSPS) is 19.4. The van der Waals surface area contributed by atoms with E-state index < -0.39 is 0 Å². The zero-order valence-corrected chi connectivity index (χ0v) is 10.8.